The average Bonchev–Trinajstić information content (AvgIpc) is 2.34. The van der Waals surface area contributed by atoms with Crippen molar-refractivity contribution >= 4 is 21.9 Å². The lowest BCUT2D eigenvalue weighted by Crippen LogP contribution is -2.27. The maximum atomic E-state index is 11.1. The van der Waals surface area contributed by atoms with Crippen molar-refractivity contribution in [2.24, 2.45) is 0 Å². The van der Waals surface area contributed by atoms with E-state index >= 15 is 0 Å². The van der Waals surface area contributed by atoms with Gasteiger partial charge in [0.25, 0.3) is 0 Å². The Balaban J connectivity index is 2.93. The molecule has 4 nitrogen and oxygen atoms in total. The minimum Gasteiger partial charge on any atom is -0.479 e. The van der Waals surface area contributed by atoms with E-state index in [0.717, 1.165) is 10.0 Å². The van der Waals surface area contributed by atoms with E-state index in [0.29, 0.717) is 24.8 Å². The zero-order valence-electron chi connectivity index (χ0n) is 11.4. The Morgan fingerprint density at radius 1 is 1.47 bits per heavy atom. The Morgan fingerprint density at radius 3 is 2.68 bits per heavy atom. The number of carboxylic acids is 1. The zero-order chi connectivity index (χ0) is 14.4. The van der Waals surface area contributed by atoms with Gasteiger partial charge in [-0.15, -0.1) is 0 Å². The van der Waals surface area contributed by atoms with E-state index in [1.54, 1.807) is 6.92 Å². The smallest absolute Gasteiger partial charge is 0.344 e. The molecular weight excluding hydrogens is 310 g/mol. The molecule has 0 aliphatic heterocycles. The van der Waals surface area contributed by atoms with E-state index in [2.05, 4.69) is 35.1 Å². The van der Waals surface area contributed by atoms with Gasteiger partial charge in [0.2, 0.25) is 0 Å². The van der Waals surface area contributed by atoms with Gasteiger partial charge in [-0.2, -0.15) is 0 Å². The molecule has 19 heavy (non-hydrogen) atoms. The number of ether oxygens (including phenoxy) is 1. The summed E-state index contributed by atoms with van der Waals surface area (Å²) < 4.78 is 6.41. The van der Waals surface area contributed by atoms with Crippen LogP contribution in [0.1, 0.15) is 32.8 Å². The highest BCUT2D eigenvalue weighted by Gasteiger charge is 2.20. The van der Waals surface area contributed by atoms with Crippen molar-refractivity contribution < 1.29 is 14.6 Å². The molecule has 5 heteroatoms. The summed E-state index contributed by atoms with van der Waals surface area (Å²) in [7, 11) is 0. The molecule has 0 radical (unpaired) electrons. The van der Waals surface area contributed by atoms with Crippen molar-refractivity contribution in [3.63, 3.8) is 0 Å². The molecule has 0 aromatic heterocycles. The van der Waals surface area contributed by atoms with Crippen LogP contribution in [0.2, 0.25) is 0 Å². The standard InChI is InChI=1S/C14H20BrNO3/c1-4-12(14(17)18)19-13-10(8-16-9(2)3)6-5-7-11(13)15/h5-7,9,12,16H,4,8H2,1-3H3,(H,17,18). The van der Waals surface area contributed by atoms with Crippen LogP contribution in [-0.4, -0.2) is 23.2 Å². The highest BCUT2D eigenvalue weighted by Crippen LogP contribution is 2.30. The maximum Gasteiger partial charge on any atom is 0.344 e. The van der Waals surface area contributed by atoms with Crippen molar-refractivity contribution in [3.05, 3.63) is 28.2 Å². The predicted molar refractivity (Wildman–Crippen MR) is 78.5 cm³/mol. The molecular formula is C14H20BrNO3. The second kappa shape index (κ2) is 7.50. The zero-order valence-corrected chi connectivity index (χ0v) is 13.0. The number of hydrogen-bond acceptors (Lipinski definition) is 3. The Bertz CT molecular complexity index is 435. The van der Waals surface area contributed by atoms with Gasteiger partial charge in [0.15, 0.2) is 6.10 Å². The molecule has 0 aliphatic rings. The number of para-hydroxylation sites is 1. The number of hydrogen-bond donors (Lipinski definition) is 2. The van der Waals surface area contributed by atoms with Gasteiger partial charge in [0.1, 0.15) is 5.75 Å². The molecule has 0 saturated carbocycles. The van der Waals surface area contributed by atoms with Gasteiger partial charge in [-0.1, -0.05) is 32.9 Å². The van der Waals surface area contributed by atoms with E-state index in [9.17, 15) is 4.79 Å². The van der Waals surface area contributed by atoms with Crippen LogP contribution >= 0.6 is 15.9 Å². The second-order valence-electron chi connectivity index (χ2n) is 4.62. The van der Waals surface area contributed by atoms with Crippen LogP contribution in [-0.2, 0) is 11.3 Å². The monoisotopic (exact) mass is 329 g/mol. The second-order valence-corrected chi connectivity index (χ2v) is 5.47. The number of benzene rings is 1. The molecule has 1 rings (SSSR count). The first-order valence-electron chi connectivity index (χ1n) is 6.36. The fourth-order valence-corrected chi connectivity index (χ4v) is 2.09. The van der Waals surface area contributed by atoms with Crippen molar-refractivity contribution in [1.82, 2.24) is 5.32 Å². The number of aliphatic carboxylic acids is 1. The molecule has 1 aromatic rings. The van der Waals surface area contributed by atoms with Crippen molar-refractivity contribution in [1.29, 1.82) is 0 Å². The lowest BCUT2D eigenvalue weighted by molar-refractivity contribution is -0.145. The van der Waals surface area contributed by atoms with Crippen molar-refractivity contribution in [3.8, 4) is 5.75 Å². The third-order valence-corrected chi connectivity index (χ3v) is 3.28. The maximum absolute atomic E-state index is 11.1. The van der Waals surface area contributed by atoms with Crippen LogP contribution in [0.3, 0.4) is 0 Å². The molecule has 0 amide bonds. The van der Waals surface area contributed by atoms with E-state index in [1.165, 1.54) is 0 Å². The Labute approximate surface area is 122 Å². The summed E-state index contributed by atoms with van der Waals surface area (Å²) in [4.78, 5) is 11.1. The first kappa shape index (κ1) is 16.0. The molecule has 1 atom stereocenters. The summed E-state index contributed by atoms with van der Waals surface area (Å²) in [6.07, 6.45) is -0.398. The SMILES string of the molecule is CCC(Oc1c(Br)cccc1CNC(C)C)C(=O)O. The number of nitrogens with one attached hydrogen (secondary N) is 1. The first-order chi connectivity index (χ1) is 8.95. The number of halogens is 1. The highest BCUT2D eigenvalue weighted by molar-refractivity contribution is 9.10. The molecule has 106 valence electrons. The van der Waals surface area contributed by atoms with E-state index in [1.807, 2.05) is 18.2 Å². The molecule has 0 aliphatic carbocycles. The van der Waals surface area contributed by atoms with E-state index in [-0.39, 0.29) is 0 Å². The van der Waals surface area contributed by atoms with Crippen LogP contribution in [0.15, 0.2) is 22.7 Å². The van der Waals surface area contributed by atoms with Gasteiger partial charge in [0, 0.05) is 18.2 Å². The summed E-state index contributed by atoms with van der Waals surface area (Å²) >= 11 is 3.42. The van der Waals surface area contributed by atoms with Gasteiger partial charge in [-0.05, 0) is 28.4 Å². The number of rotatable bonds is 7. The third-order valence-electron chi connectivity index (χ3n) is 2.66. The molecule has 1 unspecified atom stereocenters. The molecule has 0 spiro atoms. The van der Waals surface area contributed by atoms with Gasteiger partial charge >= 0.3 is 5.97 Å². The summed E-state index contributed by atoms with van der Waals surface area (Å²) in [5.41, 5.74) is 0.947. The van der Waals surface area contributed by atoms with Crippen LogP contribution in [0.5, 0.6) is 5.75 Å². The fourth-order valence-electron chi connectivity index (χ4n) is 1.59. The fraction of sp³-hybridized carbons (Fsp3) is 0.500. The van der Waals surface area contributed by atoms with Crippen LogP contribution in [0.4, 0.5) is 0 Å². The van der Waals surface area contributed by atoms with Gasteiger partial charge < -0.3 is 15.2 Å². The minimum absolute atomic E-state index is 0.355. The lowest BCUT2D eigenvalue weighted by Gasteiger charge is -2.18. The van der Waals surface area contributed by atoms with Crippen LogP contribution < -0.4 is 10.1 Å². The topological polar surface area (TPSA) is 58.6 Å². The summed E-state index contributed by atoms with van der Waals surface area (Å²) in [6, 6.07) is 6.05. The molecule has 2 N–H and O–H groups in total. The summed E-state index contributed by atoms with van der Waals surface area (Å²) in [5.74, 6) is -0.342. The minimum atomic E-state index is -0.943. The largest absolute Gasteiger partial charge is 0.479 e. The predicted octanol–water partition coefficient (Wildman–Crippen LogP) is 3.19. The quantitative estimate of drug-likeness (QED) is 0.806. The van der Waals surface area contributed by atoms with E-state index < -0.39 is 12.1 Å². The Kier molecular flexibility index (Phi) is 6.31. The highest BCUT2D eigenvalue weighted by atomic mass is 79.9. The molecule has 0 fully saturated rings. The van der Waals surface area contributed by atoms with Gasteiger partial charge in [-0.3, -0.25) is 0 Å². The van der Waals surface area contributed by atoms with E-state index in [4.69, 9.17) is 9.84 Å². The lowest BCUT2D eigenvalue weighted by atomic mass is 10.2. The normalized spacial score (nSPS) is 12.5. The first-order valence-corrected chi connectivity index (χ1v) is 7.15. The Hall–Kier alpha value is -1.07. The molecule has 0 heterocycles. The Morgan fingerprint density at radius 2 is 2.16 bits per heavy atom. The van der Waals surface area contributed by atoms with Crippen molar-refractivity contribution in [2.75, 3.05) is 0 Å². The molecule has 0 bridgehead atoms. The third kappa shape index (κ3) is 4.84. The summed E-state index contributed by atoms with van der Waals surface area (Å²) in [5, 5.41) is 12.4. The average molecular weight is 330 g/mol. The van der Waals surface area contributed by atoms with Gasteiger partial charge in [-0.25, -0.2) is 4.79 Å². The number of carboxylic acid groups (broad SMARTS) is 1. The van der Waals surface area contributed by atoms with Crippen LogP contribution in [0, 0.1) is 0 Å². The van der Waals surface area contributed by atoms with Crippen LogP contribution in [0.25, 0.3) is 0 Å². The van der Waals surface area contributed by atoms with Gasteiger partial charge in [0.05, 0.1) is 4.47 Å². The molecule has 1 aromatic carbocycles. The van der Waals surface area contributed by atoms with Crippen molar-refractivity contribution in [2.45, 2.75) is 45.9 Å². The number of carbonyl (C=O) groups is 1. The molecule has 0 saturated heterocycles. The summed E-state index contributed by atoms with van der Waals surface area (Å²) in [6.45, 7) is 6.55.